The molecule has 3 heterocycles. The van der Waals surface area contributed by atoms with Crippen molar-refractivity contribution < 1.29 is 14.2 Å². The van der Waals surface area contributed by atoms with Crippen LogP contribution in [0.1, 0.15) is 42.9 Å². The fourth-order valence-electron chi connectivity index (χ4n) is 4.90. The van der Waals surface area contributed by atoms with Crippen molar-refractivity contribution in [3.8, 4) is 17.2 Å². The van der Waals surface area contributed by atoms with Crippen LogP contribution in [0.25, 0.3) is 5.70 Å². The van der Waals surface area contributed by atoms with E-state index in [1.807, 2.05) is 12.1 Å². The van der Waals surface area contributed by atoms with Crippen LogP contribution in [0.4, 0.5) is 5.69 Å². The fourth-order valence-corrected chi connectivity index (χ4v) is 4.90. The second-order valence-corrected chi connectivity index (χ2v) is 8.49. The van der Waals surface area contributed by atoms with E-state index in [4.69, 9.17) is 25.0 Å². The summed E-state index contributed by atoms with van der Waals surface area (Å²) in [4.78, 5) is 7.34. The summed E-state index contributed by atoms with van der Waals surface area (Å²) >= 11 is 0. The number of hydrazine groups is 1. The molecule has 0 bridgehead atoms. The summed E-state index contributed by atoms with van der Waals surface area (Å²) in [6.45, 7) is 2.78. The Morgan fingerprint density at radius 1 is 1.09 bits per heavy atom. The molecule has 174 valence electrons. The highest BCUT2D eigenvalue weighted by Crippen LogP contribution is 2.45. The highest BCUT2D eigenvalue weighted by atomic mass is 16.5. The Balaban J connectivity index is 1.56. The van der Waals surface area contributed by atoms with Crippen LogP contribution in [0.2, 0.25) is 0 Å². The molecule has 1 saturated heterocycles. The highest BCUT2D eigenvalue weighted by Gasteiger charge is 2.32. The van der Waals surface area contributed by atoms with Crippen LogP contribution >= 0.6 is 0 Å². The van der Waals surface area contributed by atoms with E-state index in [0.717, 1.165) is 41.9 Å². The minimum Gasteiger partial charge on any atom is -0.496 e. The van der Waals surface area contributed by atoms with Gasteiger partial charge >= 0.3 is 0 Å². The van der Waals surface area contributed by atoms with Crippen molar-refractivity contribution in [3.63, 3.8) is 0 Å². The molecule has 1 unspecified atom stereocenters. The molecule has 0 aromatic heterocycles. The Labute approximate surface area is 194 Å². The molecule has 3 aliphatic heterocycles. The van der Waals surface area contributed by atoms with Crippen LogP contribution in [0.5, 0.6) is 17.2 Å². The number of guanidine groups is 1. The maximum absolute atomic E-state index is 6.13. The predicted molar refractivity (Wildman–Crippen MR) is 130 cm³/mol. The van der Waals surface area contributed by atoms with Gasteiger partial charge in [0.1, 0.15) is 23.3 Å². The van der Waals surface area contributed by atoms with Crippen molar-refractivity contribution in [3.05, 3.63) is 53.1 Å². The largest absolute Gasteiger partial charge is 0.496 e. The SMILES string of the molecule is COc1cc(OC)c2c(c1)OCCC1=C2NC(NN)=NC1c1ccc(N2CCCCC2)cc1. The number of hydrogen-bond donors (Lipinski definition) is 3. The number of piperidine rings is 1. The van der Waals surface area contributed by atoms with Gasteiger partial charge in [-0.1, -0.05) is 12.1 Å². The summed E-state index contributed by atoms with van der Waals surface area (Å²) < 4.78 is 17.3. The zero-order valence-electron chi connectivity index (χ0n) is 19.2. The highest BCUT2D eigenvalue weighted by molar-refractivity contribution is 5.95. The molecule has 8 heteroatoms. The van der Waals surface area contributed by atoms with E-state index >= 15 is 0 Å². The van der Waals surface area contributed by atoms with Gasteiger partial charge in [-0.15, -0.1) is 0 Å². The quantitative estimate of drug-likeness (QED) is 0.487. The lowest BCUT2D eigenvalue weighted by Crippen LogP contribution is -2.43. The number of ether oxygens (including phenoxy) is 3. The van der Waals surface area contributed by atoms with Gasteiger partial charge in [0.15, 0.2) is 0 Å². The molecule has 0 aliphatic carbocycles. The molecule has 2 aromatic carbocycles. The molecular formula is C25H31N5O3. The van der Waals surface area contributed by atoms with E-state index in [9.17, 15) is 0 Å². The molecule has 0 amide bonds. The zero-order chi connectivity index (χ0) is 22.8. The maximum atomic E-state index is 6.13. The van der Waals surface area contributed by atoms with E-state index in [0.29, 0.717) is 29.8 Å². The summed E-state index contributed by atoms with van der Waals surface area (Å²) in [7, 11) is 3.28. The van der Waals surface area contributed by atoms with Gasteiger partial charge in [0.05, 0.1) is 32.1 Å². The number of nitrogens with zero attached hydrogens (tertiary/aromatic N) is 2. The smallest absolute Gasteiger partial charge is 0.211 e. The second-order valence-electron chi connectivity index (χ2n) is 8.49. The molecule has 1 atom stereocenters. The molecule has 3 aliphatic rings. The van der Waals surface area contributed by atoms with Gasteiger partial charge in [-0.05, 0) is 42.5 Å². The van der Waals surface area contributed by atoms with E-state index in [-0.39, 0.29) is 6.04 Å². The lowest BCUT2D eigenvalue weighted by Gasteiger charge is -2.30. The molecule has 2 aromatic rings. The lowest BCUT2D eigenvalue weighted by atomic mass is 9.91. The van der Waals surface area contributed by atoms with Gasteiger partial charge < -0.3 is 24.4 Å². The molecule has 33 heavy (non-hydrogen) atoms. The Bertz CT molecular complexity index is 1070. The molecule has 0 spiro atoms. The van der Waals surface area contributed by atoms with Crippen molar-refractivity contribution in [2.75, 3.05) is 38.8 Å². The number of benzene rings is 2. The lowest BCUT2D eigenvalue weighted by molar-refractivity contribution is 0.315. The topological polar surface area (TPSA) is 93.4 Å². The number of methoxy groups -OCH3 is 2. The normalized spacial score (nSPS) is 19.9. The second kappa shape index (κ2) is 9.23. The minimum absolute atomic E-state index is 0.177. The van der Waals surface area contributed by atoms with E-state index in [1.54, 1.807) is 14.2 Å². The zero-order valence-corrected chi connectivity index (χ0v) is 19.2. The van der Waals surface area contributed by atoms with Crippen LogP contribution in [0.3, 0.4) is 0 Å². The summed E-state index contributed by atoms with van der Waals surface area (Å²) in [6, 6.07) is 12.4. The molecule has 1 fully saturated rings. The molecular weight excluding hydrogens is 418 g/mol. The predicted octanol–water partition coefficient (Wildman–Crippen LogP) is 3.35. The fraction of sp³-hybridized carbons (Fsp3) is 0.400. The molecule has 4 N–H and O–H groups in total. The van der Waals surface area contributed by atoms with Gasteiger partial charge in [0.2, 0.25) is 5.96 Å². The molecule has 0 saturated carbocycles. The Morgan fingerprint density at radius 2 is 1.88 bits per heavy atom. The number of fused-ring (bicyclic) bond motifs is 2. The Morgan fingerprint density at radius 3 is 2.58 bits per heavy atom. The van der Waals surface area contributed by atoms with Crippen LogP contribution in [0, 0.1) is 0 Å². The van der Waals surface area contributed by atoms with Gasteiger partial charge in [-0.2, -0.15) is 0 Å². The average Bonchev–Trinajstić information content (AvgIpc) is 3.07. The number of nitrogens with two attached hydrogens (primary N) is 1. The van der Waals surface area contributed by atoms with Crippen molar-refractivity contribution in [1.29, 1.82) is 0 Å². The third kappa shape index (κ3) is 4.06. The van der Waals surface area contributed by atoms with Gasteiger partial charge in [0, 0.05) is 37.3 Å². The number of nitrogens with one attached hydrogen (secondary N) is 2. The first-order valence-electron chi connectivity index (χ1n) is 11.5. The number of rotatable bonds is 4. The third-order valence-electron chi connectivity index (χ3n) is 6.59. The summed E-state index contributed by atoms with van der Waals surface area (Å²) in [5.41, 5.74) is 7.99. The summed E-state index contributed by atoms with van der Waals surface area (Å²) in [5.74, 6) is 8.37. The van der Waals surface area contributed by atoms with Gasteiger partial charge in [0.25, 0.3) is 0 Å². The first kappa shape index (κ1) is 21.5. The number of hydrogen-bond acceptors (Lipinski definition) is 8. The third-order valence-corrected chi connectivity index (χ3v) is 6.59. The van der Waals surface area contributed by atoms with Crippen molar-refractivity contribution >= 4 is 17.3 Å². The number of anilines is 1. The number of aliphatic imine (C=N–C) groups is 1. The van der Waals surface area contributed by atoms with Crippen molar-refractivity contribution in [2.45, 2.75) is 31.7 Å². The first-order chi connectivity index (χ1) is 16.2. The minimum atomic E-state index is -0.177. The standard InChI is InChI=1S/C25H31N5O3/c1-31-18-14-20(32-2)22-21(15-18)33-13-10-19-23(27-25(29-26)28-24(19)22)16-6-8-17(9-7-16)30-11-4-3-5-12-30/h6-9,14-15,23H,3-5,10-13,26H2,1-2H3,(H2,27,28,29). The van der Waals surface area contributed by atoms with E-state index in [2.05, 4.69) is 39.9 Å². The van der Waals surface area contributed by atoms with Gasteiger partial charge in [-0.25, -0.2) is 10.8 Å². The van der Waals surface area contributed by atoms with Crippen LogP contribution < -0.4 is 35.7 Å². The Hall–Kier alpha value is -3.39. The molecule has 5 rings (SSSR count). The first-order valence-corrected chi connectivity index (χ1v) is 11.5. The van der Waals surface area contributed by atoms with Crippen LogP contribution in [-0.2, 0) is 0 Å². The molecule has 0 radical (unpaired) electrons. The van der Waals surface area contributed by atoms with Gasteiger partial charge in [-0.3, -0.25) is 5.43 Å². The Kier molecular flexibility index (Phi) is 6.00. The summed E-state index contributed by atoms with van der Waals surface area (Å²) in [6.07, 6.45) is 4.56. The molecule has 8 nitrogen and oxygen atoms in total. The van der Waals surface area contributed by atoms with Crippen molar-refractivity contribution in [2.24, 2.45) is 10.8 Å². The van der Waals surface area contributed by atoms with E-state index in [1.165, 1.54) is 24.9 Å². The summed E-state index contributed by atoms with van der Waals surface area (Å²) in [5, 5.41) is 3.36. The van der Waals surface area contributed by atoms with Crippen LogP contribution in [-0.4, -0.2) is 39.9 Å². The monoisotopic (exact) mass is 449 g/mol. The average molecular weight is 450 g/mol. The van der Waals surface area contributed by atoms with E-state index < -0.39 is 0 Å². The van der Waals surface area contributed by atoms with Crippen LogP contribution in [0.15, 0.2) is 47.0 Å². The van der Waals surface area contributed by atoms with Crippen molar-refractivity contribution in [1.82, 2.24) is 10.7 Å². The maximum Gasteiger partial charge on any atom is 0.211 e.